The molecule has 0 aliphatic carbocycles. The summed E-state index contributed by atoms with van der Waals surface area (Å²) in [5.74, 6) is -0.405. The summed E-state index contributed by atoms with van der Waals surface area (Å²) in [4.78, 5) is 21.7. The number of aldehydes is 1. The number of carbonyl (C=O) groups excluding carboxylic acids is 1. The Balaban J connectivity index is 2.58. The van der Waals surface area contributed by atoms with Crippen LogP contribution in [0, 0.1) is 6.92 Å². The van der Waals surface area contributed by atoms with E-state index in [0.29, 0.717) is 18.5 Å². The van der Waals surface area contributed by atoms with Crippen molar-refractivity contribution in [2.24, 2.45) is 0 Å². The third-order valence-electron chi connectivity index (χ3n) is 2.29. The maximum absolute atomic E-state index is 11.4. The van der Waals surface area contributed by atoms with Gasteiger partial charge < -0.3 is 9.21 Å². The van der Waals surface area contributed by atoms with Crippen molar-refractivity contribution in [2.75, 3.05) is 0 Å². The monoisotopic (exact) mass is 205 g/mol. The first-order valence-corrected chi connectivity index (χ1v) is 4.76. The minimum absolute atomic E-state index is 0.322. The summed E-state index contributed by atoms with van der Waals surface area (Å²) >= 11 is 0. The quantitative estimate of drug-likeness (QED) is 0.713. The fourth-order valence-electron chi connectivity index (χ4n) is 1.57. The molecule has 0 amide bonds. The Kier molecular flexibility index (Phi) is 2.41. The van der Waals surface area contributed by atoms with E-state index in [2.05, 4.69) is 0 Å². The van der Waals surface area contributed by atoms with Crippen molar-refractivity contribution in [2.45, 2.75) is 19.9 Å². The number of benzene rings is 1. The van der Waals surface area contributed by atoms with E-state index in [-0.39, 0.29) is 0 Å². The van der Waals surface area contributed by atoms with Gasteiger partial charge in [-0.15, -0.1) is 0 Å². The van der Waals surface area contributed by atoms with Crippen LogP contribution >= 0.6 is 0 Å². The highest BCUT2D eigenvalue weighted by atomic mass is 16.4. The van der Waals surface area contributed by atoms with Crippen LogP contribution in [-0.2, 0) is 11.3 Å². The number of aryl methyl sites for hydroxylation is 2. The highest BCUT2D eigenvalue weighted by Gasteiger charge is 2.07. The molecule has 0 saturated heterocycles. The van der Waals surface area contributed by atoms with Crippen LogP contribution in [0.4, 0.5) is 0 Å². The molecular formula is C11H11NO3. The lowest BCUT2D eigenvalue weighted by molar-refractivity contribution is -0.108. The van der Waals surface area contributed by atoms with Crippen LogP contribution in [0.25, 0.3) is 11.1 Å². The first kappa shape index (κ1) is 9.71. The molecule has 4 heteroatoms. The zero-order chi connectivity index (χ0) is 10.8. The summed E-state index contributed by atoms with van der Waals surface area (Å²) in [5.41, 5.74) is 2.36. The number of aromatic nitrogens is 1. The van der Waals surface area contributed by atoms with E-state index in [9.17, 15) is 9.59 Å². The molecule has 0 bridgehead atoms. The van der Waals surface area contributed by atoms with Crippen LogP contribution in [0.3, 0.4) is 0 Å². The molecule has 0 fully saturated rings. The van der Waals surface area contributed by atoms with Crippen LogP contribution in [0.1, 0.15) is 12.0 Å². The Morgan fingerprint density at radius 3 is 3.00 bits per heavy atom. The molecule has 0 N–H and O–H groups in total. The predicted molar refractivity (Wildman–Crippen MR) is 55.9 cm³/mol. The van der Waals surface area contributed by atoms with Gasteiger partial charge in [-0.05, 0) is 24.6 Å². The van der Waals surface area contributed by atoms with Gasteiger partial charge in [0.25, 0.3) is 0 Å². The molecule has 15 heavy (non-hydrogen) atoms. The third-order valence-corrected chi connectivity index (χ3v) is 2.29. The number of nitrogens with zero attached hydrogens (tertiary/aromatic N) is 1. The molecule has 1 heterocycles. The Morgan fingerprint density at radius 1 is 1.47 bits per heavy atom. The van der Waals surface area contributed by atoms with Gasteiger partial charge in [0.05, 0.1) is 5.52 Å². The molecule has 78 valence electrons. The molecule has 0 unspecified atom stereocenters. The van der Waals surface area contributed by atoms with Crippen molar-refractivity contribution in [1.29, 1.82) is 0 Å². The Hall–Kier alpha value is -1.84. The van der Waals surface area contributed by atoms with Crippen LogP contribution in [-0.4, -0.2) is 10.9 Å². The number of hydrogen-bond donors (Lipinski definition) is 0. The van der Waals surface area contributed by atoms with Crippen molar-refractivity contribution < 1.29 is 9.21 Å². The molecule has 4 nitrogen and oxygen atoms in total. The summed E-state index contributed by atoms with van der Waals surface area (Å²) in [6.07, 6.45) is 1.11. The average molecular weight is 205 g/mol. The third kappa shape index (κ3) is 1.70. The number of fused-ring (bicyclic) bond motifs is 1. The van der Waals surface area contributed by atoms with Gasteiger partial charge in [0, 0.05) is 13.0 Å². The van der Waals surface area contributed by atoms with E-state index in [0.717, 1.165) is 17.4 Å². The van der Waals surface area contributed by atoms with Crippen molar-refractivity contribution in [3.05, 3.63) is 34.3 Å². The average Bonchev–Trinajstić information content (AvgIpc) is 2.50. The van der Waals surface area contributed by atoms with Crippen molar-refractivity contribution in [1.82, 2.24) is 4.57 Å². The van der Waals surface area contributed by atoms with Crippen molar-refractivity contribution in [3.63, 3.8) is 0 Å². The predicted octanol–water partition coefficient (Wildman–Crippen LogP) is 1.49. The van der Waals surface area contributed by atoms with Gasteiger partial charge in [0.15, 0.2) is 5.58 Å². The smallest absolute Gasteiger partial charge is 0.408 e. The van der Waals surface area contributed by atoms with E-state index in [1.54, 1.807) is 0 Å². The highest BCUT2D eigenvalue weighted by Crippen LogP contribution is 2.14. The van der Waals surface area contributed by atoms with Crippen LogP contribution in [0.5, 0.6) is 0 Å². The Bertz CT molecular complexity index is 550. The zero-order valence-corrected chi connectivity index (χ0v) is 8.40. The van der Waals surface area contributed by atoms with Crippen molar-refractivity contribution in [3.8, 4) is 0 Å². The maximum Gasteiger partial charge on any atom is 0.419 e. The SMILES string of the molecule is Cc1ccc2c(c1)oc(=O)n2CCC=O. The summed E-state index contributed by atoms with van der Waals surface area (Å²) in [7, 11) is 0. The molecule has 0 aliphatic heterocycles. The van der Waals surface area contributed by atoms with Gasteiger partial charge in [-0.3, -0.25) is 4.57 Å². The number of carbonyl (C=O) groups is 1. The number of rotatable bonds is 3. The molecule has 0 aliphatic rings. The Labute approximate surface area is 86.1 Å². The minimum Gasteiger partial charge on any atom is -0.408 e. The van der Waals surface area contributed by atoms with Crippen molar-refractivity contribution >= 4 is 17.4 Å². The zero-order valence-electron chi connectivity index (χ0n) is 8.40. The topological polar surface area (TPSA) is 52.2 Å². The van der Waals surface area contributed by atoms with Crippen LogP contribution < -0.4 is 5.76 Å². The first-order valence-electron chi connectivity index (χ1n) is 4.76. The molecular weight excluding hydrogens is 194 g/mol. The summed E-state index contributed by atoms with van der Waals surface area (Å²) in [6, 6.07) is 5.56. The molecule has 1 aromatic heterocycles. The lowest BCUT2D eigenvalue weighted by atomic mass is 10.2. The van der Waals surface area contributed by atoms with Gasteiger partial charge in [-0.25, -0.2) is 4.79 Å². The second kappa shape index (κ2) is 3.73. The normalized spacial score (nSPS) is 10.7. The second-order valence-corrected chi connectivity index (χ2v) is 3.45. The fraction of sp³-hybridized carbons (Fsp3) is 0.273. The van der Waals surface area contributed by atoms with Gasteiger partial charge in [-0.1, -0.05) is 6.07 Å². The van der Waals surface area contributed by atoms with Crippen LogP contribution in [0.15, 0.2) is 27.4 Å². The van der Waals surface area contributed by atoms with E-state index in [1.165, 1.54) is 4.57 Å². The van der Waals surface area contributed by atoms with Gasteiger partial charge in [-0.2, -0.15) is 0 Å². The lowest BCUT2D eigenvalue weighted by Gasteiger charge is -1.97. The first-order chi connectivity index (χ1) is 7.22. The largest absolute Gasteiger partial charge is 0.419 e. The number of oxazole rings is 1. The fourth-order valence-corrected chi connectivity index (χ4v) is 1.57. The summed E-state index contributed by atoms with van der Waals surface area (Å²) < 4.78 is 6.54. The van der Waals surface area contributed by atoms with Crippen LogP contribution in [0.2, 0.25) is 0 Å². The maximum atomic E-state index is 11.4. The van der Waals surface area contributed by atoms with E-state index in [4.69, 9.17) is 4.42 Å². The molecule has 2 rings (SSSR count). The second-order valence-electron chi connectivity index (χ2n) is 3.45. The minimum atomic E-state index is -0.405. The van der Waals surface area contributed by atoms with E-state index < -0.39 is 5.76 Å². The molecule has 0 radical (unpaired) electrons. The molecule has 0 atom stereocenters. The Morgan fingerprint density at radius 2 is 2.27 bits per heavy atom. The van der Waals surface area contributed by atoms with Gasteiger partial charge in [0.1, 0.15) is 6.29 Å². The van der Waals surface area contributed by atoms with E-state index >= 15 is 0 Å². The lowest BCUT2D eigenvalue weighted by Crippen LogP contribution is -2.14. The van der Waals surface area contributed by atoms with Gasteiger partial charge in [0.2, 0.25) is 0 Å². The highest BCUT2D eigenvalue weighted by molar-refractivity contribution is 5.73. The number of hydrogen-bond acceptors (Lipinski definition) is 3. The molecule has 0 saturated carbocycles. The molecule has 2 aromatic rings. The van der Waals surface area contributed by atoms with E-state index in [1.807, 2.05) is 25.1 Å². The summed E-state index contributed by atoms with van der Waals surface area (Å²) in [5, 5.41) is 0. The summed E-state index contributed by atoms with van der Waals surface area (Å²) in [6.45, 7) is 2.31. The molecule has 0 spiro atoms. The standard InChI is InChI=1S/C11H11NO3/c1-8-3-4-9-10(7-8)15-11(14)12(9)5-2-6-13/h3-4,6-7H,2,5H2,1H3. The van der Waals surface area contributed by atoms with Gasteiger partial charge >= 0.3 is 5.76 Å². The molecule has 1 aromatic carbocycles.